The van der Waals surface area contributed by atoms with Gasteiger partial charge in [0.2, 0.25) is 17.8 Å². The van der Waals surface area contributed by atoms with Crippen LogP contribution in [0.1, 0.15) is 0 Å². The topological polar surface area (TPSA) is 123 Å². The average molecular weight is 1690 g/mol. The number of thiophene rings is 1. The molecule has 13 heteroatoms. The molecule has 0 aliphatic rings. The lowest BCUT2D eigenvalue weighted by molar-refractivity contribution is 0.672. The maximum atomic E-state index is 6.70. The van der Waals surface area contributed by atoms with Crippen LogP contribution in [0.4, 0.5) is 0 Å². The normalized spacial score (nSPS) is 12.0. The summed E-state index contributed by atoms with van der Waals surface area (Å²) in [5.41, 5.74) is 24.3. The summed E-state index contributed by atoms with van der Waals surface area (Å²) in [4.78, 5) is 31.4. The molecule has 10 heterocycles. The van der Waals surface area contributed by atoms with E-state index in [0.29, 0.717) is 17.8 Å². The molecule has 19 aromatic carbocycles. The second-order valence-corrected chi connectivity index (χ2v) is 34.5. The summed E-state index contributed by atoms with van der Waals surface area (Å²) in [5.74, 6) is 1.95. The van der Waals surface area contributed by atoms with Gasteiger partial charge in [0, 0.05) is 113 Å². The molecule has 0 aliphatic heterocycles. The standard InChI is InChI=1S/C44H26N4O.C38H23N3S.C36H21N3O/c1-2-12-27(13-3-1)42-33-17-4-8-18-35(33)45-44(46-42)48-38-24-22-28(47-36-19-9-5-14-29(36)30-15-6-10-20-37(30)47)26-34(38)41-39(48)25-23-32-31-16-7-11-21-40(31)49-43(32)41;1-2-11-24(12-3-1)25-13-10-14-26(23-25)36-29-16-4-7-18-31(29)39-38(40-36)41-32-19-8-5-17-30(32)35-33(41)22-21-28-27-15-6-9-20-34(27)42-37(28)35;1-2-10-23-21-24(18-17-22(23)9-1)34-27-12-3-6-14-29(27)37-36(38-34)39-30-15-7-4-13-28(30)33-31(39)20-19-26-25-11-5-8-16-32(25)40-35(26)33/h1-26H;1-23H;1-21H. The van der Waals surface area contributed by atoms with Crippen LogP contribution < -0.4 is 0 Å². The first-order chi connectivity index (χ1) is 65.0. The summed E-state index contributed by atoms with van der Waals surface area (Å²) in [7, 11) is 0. The van der Waals surface area contributed by atoms with Crippen molar-refractivity contribution in [2.75, 3.05) is 0 Å². The monoisotopic (exact) mass is 1690 g/mol. The molecule has 0 radical (unpaired) electrons. The molecule has 0 saturated heterocycles. The molecule has 0 amide bonds. The Bertz CT molecular complexity index is 9750. The summed E-state index contributed by atoms with van der Waals surface area (Å²) in [6.07, 6.45) is 0. The molecule has 29 aromatic rings. The Hall–Kier alpha value is -17.5. The first-order valence-corrected chi connectivity index (χ1v) is 44.9. The van der Waals surface area contributed by atoms with Gasteiger partial charge in [0.05, 0.1) is 88.5 Å². The van der Waals surface area contributed by atoms with Crippen LogP contribution in [0.25, 0.3) is 263 Å². The molecule has 12 nitrogen and oxygen atoms in total. The summed E-state index contributed by atoms with van der Waals surface area (Å²) in [6, 6.07) is 149. The summed E-state index contributed by atoms with van der Waals surface area (Å²) in [6.45, 7) is 0. The molecule has 0 bridgehead atoms. The highest BCUT2D eigenvalue weighted by molar-refractivity contribution is 7.26. The van der Waals surface area contributed by atoms with Gasteiger partial charge in [-0.2, -0.15) is 0 Å². The highest BCUT2D eigenvalue weighted by atomic mass is 32.1. The van der Waals surface area contributed by atoms with Crippen molar-refractivity contribution in [3.63, 3.8) is 0 Å². The van der Waals surface area contributed by atoms with Crippen LogP contribution in [0.5, 0.6) is 0 Å². The van der Waals surface area contributed by atoms with Crippen LogP contribution in [-0.2, 0) is 0 Å². The highest BCUT2D eigenvalue weighted by Gasteiger charge is 2.27. The van der Waals surface area contributed by atoms with Crippen molar-refractivity contribution in [2.45, 2.75) is 0 Å². The van der Waals surface area contributed by atoms with Gasteiger partial charge in [-0.05, 0) is 143 Å². The van der Waals surface area contributed by atoms with Crippen LogP contribution in [0.3, 0.4) is 0 Å². The van der Waals surface area contributed by atoms with Crippen LogP contribution in [0.2, 0.25) is 0 Å². The number of rotatable bonds is 8. The predicted molar refractivity (Wildman–Crippen MR) is 543 cm³/mol. The van der Waals surface area contributed by atoms with Gasteiger partial charge in [-0.25, -0.2) is 29.9 Å². The van der Waals surface area contributed by atoms with Crippen LogP contribution >= 0.6 is 11.3 Å². The Morgan fingerprint density at radius 2 is 0.580 bits per heavy atom. The van der Waals surface area contributed by atoms with E-state index in [0.717, 1.165) is 171 Å². The average Bonchev–Trinajstić information content (AvgIpc) is 1.53. The Labute approximate surface area is 751 Å². The van der Waals surface area contributed by atoms with Gasteiger partial charge < -0.3 is 13.4 Å². The van der Waals surface area contributed by atoms with E-state index < -0.39 is 0 Å². The van der Waals surface area contributed by atoms with E-state index in [-0.39, 0.29) is 0 Å². The molecular formula is C118H70N10O2S. The lowest BCUT2D eigenvalue weighted by atomic mass is 10.00. The van der Waals surface area contributed by atoms with Crippen molar-refractivity contribution in [3.05, 3.63) is 425 Å². The summed E-state index contributed by atoms with van der Waals surface area (Å²) >= 11 is 1.86. The number of hydrogen-bond donors (Lipinski definition) is 0. The molecule has 0 saturated carbocycles. The first kappa shape index (κ1) is 73.8. The minimum atomic E-state index is 0.623. The Morgan fingerprint density at radius 1 is 0.198 bits per heavy atom. The number of benzene rings is 19. The minimum absolute atomic E-state index is 0.623. The summed E-state index contributed by atoms with van der Waals surface area (Å²) in [5, 5.41) is 21.8. The maximum Gasteiger partial charge on any atom is 0.235 e. The third kappa shape index (κ3) is 11.7. The number of nitrogens with zero attached hydrogens (tertiary/aromatic N) is 10. The van der Waals surface area contributed by atoms with E-state index in [1.807, 2.05) is 59.9 Å². The third-order valence-electron chi connectivity index (χ3n) is 26.1. The minimum Gasteiger partial charge on any atom is -0.455 e. The zero-order valence-corrected chi connectivity index (χ0v) is 70.9. The van der Waals surface area contributed by atoms with E-state index in [4.69, 9.17) is 38.7 Å². The van der Waals surface area contributed by atoms with Gasteiger partial charge in [0.25, 0.3) is 0 Å². The SMILES string of the molecule is c1ccc(-c2cccc(-c3nc(-n4c5ccccc5c5c6sc7ccccc7c6ccc54)nc4ccccc34)c2)cc1.c1ccc(-c2nc(-n3c4ccc(-n5c6ccccc6c6ccccc65)cc4c4c5oc6ccccc6c5ccc43)nc3ccccc23)cc1.c1ccc2cc(-c3nc(-n4c5ccccc5c5c6oc7ccccc7c6ccc54)nc4ccccc34)ccc2c1. The lowest BCUT2D eigenvalue weighted by Crippen LogP contribution is -2.03. The van der Waals surface area contributed by atoms with E-state index in [1.165, 1.54) is 74.6 Å². The fraction of sp³-hybridized carbons (Fsp3) is 0. The van der Waals surface area contributed by atoms with Gasteiger partial charge in [0.15, 0.2) is 0 Å². The van der Waals surface area contributed by atoms with Crippen molar-refractivity contribution >= 4 is 206 Å². The van der Waals surface area contributed by atoms with Crippen molar-refractivity contribution in [1.82, 2.24) is 48.2 Å². The quantitative estimate of drug-likeness (QED) is 0.147. The van der Waals surface area contributed by atoms with Crippen molar-refractivity contribution in [2.24, 2.45) is 0 Å². The largest absolute Gasteiger partial charge is 0.455 e. The summed E-state index contributed by atoms with van der Waals surface area (Å²) < 4.78 is 24.8. The second kappa shape index (κ2) is 29.6. The number of hydrogen-bond acceptors (Lipinski definition) is 9. The van der Waals surface area contributed by atoms with Crippen molar-refractivity contribution in [3.8, 4) is 68.4 Å². The number of fused-ring (bicyclic) bond motifs is 28. The zero-order chi connectivity index (χ0) is 85.9. The van der Waals surface area contributed by atoms with Crippen molar-refractivity contribution in [1.29, 1.82) is 0 Å². The van der Waals surface area contributed by atoms with E-state index >= 15 is 0 Å². The molecule has 610 valence electrons. The second-order valence-electron chi connectivity index (χ2n) is 33.5. The number of aromatic nitrogens is 10. The smallest absolute Gasteiger partial charge is 0.235 e. The molecule has 0 N–H and O–H groups in total. The molecule has 0 atom stereocenters. The molecule has 0 spiro atoms. The molecular weight excluding hydrogens is 1620 g/mol. The van der Waals surface area contributed by atoms with Gasteiger partial charge in [0.1, 0.15) is 22.3 Å². The molecule has 0 aliphatic carbocycles. The lowest BCUT2D eigenvalue weighted by Gasteiger charge is -2.12. The number of para-hydroxylation sites is 9. The van der Waals surface area contributed by atoms with E-state index in [9.17, 15) is 0 Å². The Morgan fingerprint density at radius 3 is 1.14 bits per heavy atom. The van der Waals surface area contributed by atoms with E-state index in [1.54, 1.807) is 0 Å². The molecule has 29 rings (SSSR count). The molecule has 0 fully saturated rings. The zero-order valence-electron chi connectivity index (χ0n) is 70.1. The van der Waals surface area contributed by atoms with Crippen LogP contribution in [-0.4, -0.2) is 48.2 Å². The van der Waals surface area contributed by atoms with Crippen LogP contribution in [0, 0.1) is 0 Å². The van der Waals surface area contributed by atoms with E-state index in [2.05, 4.69) is 394 Å². The molecule has 131 heavy (non-hydrogen) atoms. The fourth-order valence-corrected chi connectivity index (χ4v) is 21.6. The highest BCUT2D eigenvalue weighted by Crippen LogP contribution is 2.48. The predicted octanol–water partition coefficient (Wildman–Crippen LogP) is 31.3. The first-order valence-electron chi connectivity index (χ1n) is 44.0. The van der Waals surface area contributed by atoms with Gasteiger partial charge in [-0.1, -0.05) is 303 Å². The molecule has 0 unspecified atom stereocenters. The van der Waals surface area contributed by atoms with Gasteiger partial charge in [-0.15, -0.1) is 11.3 Å². The van der Waals surface area contributed by atoms with Crippen LogP contribution in [0.15, 0.2) is 433 Å². The maximum absolute atomic E-state index is 6.70. The fourth-order valence-electron chi connectivity index (χ4n) is 20.3. The number of furan rings is 2. The van der Waals surface area contributed by atoms with Gasteiger partial charge >= 0.3 is 0 Å². The Kier molecular flexibility index (Phi) is 16.6. The van der Waals surface area contributed by atoms with Gasteiger partial charge in [-0.3, -0.25) is 13.7 Å². The Balaban J connectivity index is 0.000000101. The van der Waals surface area contributed by atoms with Crippen molar-refractivity contribution < 1.29 is 8.83 Å². The third-order valence-corrected chi connectivity index (χ3v) is 27.3. The molecule has 10 aromatic heterocycles.